The summed E-state index contributed by atoms with van der Waals surface area (Å²) in [4.78, 5) is 33.5. The predicted octanol–water partition coefficient (Wildman–Crippen LogP) is 1.24. The lowest BCUT2D eigenvalue weighted by Crippen LogP contribution is -2.67. The van der Waals surface area contributed by atoms with Crippen molar-refractivity contribution in [3.63, 3.8) is 0 Å². The zero-order chi connectivity index (χ0) is 19.0. The van der Waals surface area contributed by atoms with E-state index in [1.54, 1.807) is 6.92 Å². The highest BCUT2D eigenvalue weighted by Crippen LogP contribution is 2.41. The monoisotopic (exact) mass is 373 g/mol. The fraction of sp³-hybridized carbons (Fsp3) is 0.750. The fourth-order valence-electron chi connectivity index (χ4n) is 5.49. The Morgan fingerprint density at radius 3 is 2.93 bits per heavy atom. The van der Waals surface area contributed by atoms with Crippen molar-refractivity contribution >= 4 is 11.8 Å². The third kappa shape index (κ3) is 3.61. The third-order valence-corrected chi connectivity index (χ3v) is 6.64. The van der Waals surface area contributed by atoms with Crippen LogP contribution in [0.4, 0.5) is 0 Å². The molecule has 3 aliphatic rings. The van der Waals surface area contributed by atoms with E-state index in [4.69, 9.17) is 0 Å². The van der Waals surface area contributed by atoms with E-state index in [1.807, 2.05) is 12.4 Å². The molecule has 0 radical (unpaired) electrons. The first-order valence-corrected chi connectivity index (χ1v) is 10.3. The molecule has 0 aliphatic carbocycles. The lowest BCUT2D eigenvalue weighted by molar-refractivity contribution is -0.153. The van der Waals surface area contributed by atoms with Crippen LogP contribution in [0, 0.1) is 11.8 Å². The topological polar surface area (TPSA) is 70.5 Å². The van der Waals surface area contributed by atoms with E-state index in [9.17, 15) is 9.59 Å². The lowest BCUT2D eigenvalue weighted by atomic mass is 9.72. The molecule has 3 saturated heterocycles. The summed E-state index contributed by atoms with van der Waals surface area (Å²) in [5.74, 6) is 2.33. The molecule has 148 valence electrons. The number of aromatic nitrogens is 2. The molecule has 4 rings (SSSR count). The Balaban J connectivity index is 1.54. The minimum atomic E-state index is -0.0178. The van der Waals surface area contributed by atoms with Gasteiger partial charge in [-0.15, -0.1) is 0 Å². The van der Waals surface area contributed by atoms with Gasteiger partial charge in [0.2, 0.25) is 11.8 Å². The minimum absolute atomic E-state index is 0.0178. The van der Waals surface area contributed by atoms with Gasteiger partial charge in [-0.2, -0.15) is 0 Å². The van der Waals surface area contributed by atoms with Crippen molar-refractivity contribution in [1.29, 1.82) is 0 Å². The van der Waals surface area contributed by atoms with Gasteiger partial charge in [0.15, 0.2) is 0 Å². The molecule has 2 amide bonds. The second-order valence-corrected chi connectivity index (χ2v) is 8.34. The number of rotatable bonds is 5. The van der Waals surface area contributed by atoms with Crippen LogP contribution in [0.2, 0.25) is 0 Å². The molecule has 7 heteroatoms. The number of amides is 2. The standard InChI is InChI=1S/C20H31N5O2/c1-3-24-8-7-21-19(24)13-23-11-15-9-16(12-23)18(10-22-14(2)26)25-17(15)5-4-6-20(25)27/h7-8,15-18H,3-6,9-13H2,1-2H3,(H,22,26)/t15-,16+,17+,18+/m1/s1. The van der Waals surface area contributed by atoms with Crippen LogP contribution >= 0.6 is 0 Å². The van der Waals surface area contributed by atoms with Gasteiger partial charge in [-0.1, -0.05) is 0 Å². The maximum atomic E-state index is 12.7. The molecule has 3 aliphatic heterocycles. The van der Waals surface area contributed by atoms with Crippen molar-refractivity contribution in [2.45, 2.75) is 64.7 Å². The molecule has 2 bridgehead atoms. The molecule has 0 unspecified atom stereocenters. The number of likely N-dealkylation sites (tertiary alicyclic amines) is 1. The summed E-state index contributed by atoms with van der Waals surface area (Å²) in [6, 6.07) is 0.451. The van der Waals surface area contributed by atoms with Crippen LogP contribution in [-0.4, -0.2) is 62.9 Å². The summed E-state index contributed by atoms with van der Waals surface area (Å²) >= 11 is 0. The molecule has 1 aromatic rings. The molecule has 1 N–H and O–H groups in total. The number of imidazole rings is 1. The Labute approximate surface area is 161 Å². The number of hydrogen-bond donors (Lipinski definition) is 1. The summed E-state index contributed by atoms with van der Waals surface area (Å²) < 4.78 is 2.20. The van der Waals surface area contributed by atoms with Gasteiger partial charge in [-0.3, -0.25) is 14.5 Å². The van der Waals surface area contributed by atoms with Crippen molar-refractivity contribution in [1.82, 2.24) is 24.7 Å². The van der Waals surface area contributed by atoms with E-state index in [0.717, 1.165) is 51.3 Å². The van der Waals surface area contributed by atoms with Crippen LogP contribution in [0.5, 0.6) is 0 Å². The Morgan fingerprint density at radius 2 is 2.15 bits per heavy atom. The normalized spacial score (nSPS) is 30.9. The Hall–Kier alpha value is -1.89. The fourth-order valence-corrected chi connectivity index (χ4v) is 5.49. The van der Waals surface area contributed by atoms with Crippen LogP contribution in [0.15, 0.2) is 12.4 Å². The largest absolute Gasteiger partial charge is 0.354 e. The van der Waals surface area contributed by atoms with Crippen molar-refractivity contribution < 1.29 is 9.59 Å². The van der Waals surface area contributed by atoms with Crippen LogP contribution < -0.4 is 5.32 Å². The highest BCUT2D eigenvalue weighted by atomic mass is 16.2. The zero-order valence-corrected chi connectivity index (χ0v) is 16.4. The van der Waals surface area contributed by atoms with E-state index < -0.39 is 0 Å². The van der Waals surface area contributed by atoms with Crippen molar-refractivity contribution in [2.75, 3.05) is 19.6 Å². The van der Waals surface area contributed by atoms with E-state index >= 15 is 0 Å². The molecule has 3 fully saturated rings. The summed E-state index contributed by atoms with van der Waals surface area (Å²) in [6.07, 6.45) is 7.83. The molecule has 4 heterocycles. The molecule has 0 saturated carbocycles. The first kappa shape index (κ1) is 18.5. The van der Waals surface area contributed by atoms with Crippen LogP contribution in [0.25, 0.3) is 0 Å². The van der Waals surface area contributed by atoms with Gasteiger partial charge in [-0.25, -0.2) is 4.98 Å². The van der Waals surface area contributed by atoms with E-state index in [2.05, 4.69) is 31.6 Å². The summed E-state index contributed by atoms with van der Waals surface area (Å²) in [5.41, 5.74) is 0. The van der Waals surface area contributed by atoms with Crippen molar-refractivity contribution in [2.24, 2.45) is 11.8 Å². The Morgan fingerprint density at radius 1 is 1.33 bits per heavy atom. The van der Waals surface area contributed by atoms with Gasteiger partial charge in [0.05, 0.1) is 12.6 Å². The van der Waals surface area contributed by atoms with E-state index in [1.165, 1.54) is 0 Å². The van der Waals surface area contributed by atoms with Crippen LogP contribution in [0.3, 0.4) is 0 Å². The second-order valence-electron chi connectivity index (χ2n) is 8.34. The number of fused-ring (bicyclic) bond motifs is 4. The zero-order valence-electron chi connectivity index (χ0n) is 16.4. The van der Waals surface area contributed by atoms with Crippen molar-refractivity contribution in [3.05, 3.63) is 18.2 Å². The van der Waals surface area contributed by atoms with Gasteiger partial charge in [0.25, 0.3) is 0 Å². The highest BCUT2D eigenvalue weighted by molar-refractivity contribution is 5.78. The molecular formula is C20H31N5O2. The average Bonchev–Trinajstić information content (AvgIpc) is 3.09. The highest BCUT2D eigenvalue weighted by Gasteiger charge is 2.49. The Kier molecular flexibility index (Phi) is 5.21. The molecule has 0 aromatic carbocycles. The number of nitrogens with one attached hydrogen (secondary N) is 1. The van der Waals surface area contributed by atoms with Gasteiger partial charge in [0.1, 0.15) is 5.82 Å². The molecule has 0 spiro atoms. The average molecular weight is 374 g/mol. The van der Waals surface area contributed by atoms with Gasteiger partial charge < -0.3 is 14.8 Å². The number of aryl methyl sites for hydroxylation is 1. The van der Waals surface area contributed by atoms with Crippen LogP contribution in [0.1, 0.15) is 45.4 Å². The maximum Gasteiger partial charge on any atom is 0.223 e. The summed E-state index contributed by atoms with van der Waals surface area (Å²) in [7, 11) is 0. The first-order chi connectivity index (χ1) is 13.1. The Bertz CT molecular complexity index is 702. The van der Waals surface area contributed by atoms with Gasteiger partial charge in [-0.05, 0) is 38.0 Å². The molecule has 1 aromatic heterocycles. The van der Waals surface area contributed by atoms with Crippen molar-refractivity contribution in [3.8, 4) is 0 Å². The molecule has 27 heavy (non-hydrogen) atoms. The number of hydrogen-bond acceptors (Lipinski definition) is 4. The third-order valence-electron chi connectivity index (χ3n) is 6.64. The number of carbonyl (C=O) groups excluding carboxylic acids is 2. The molecular weight excluding hydrogens is 342 g/mol. The van der Waals surface area contributed by atoms with Gasteiger partial charge in [0, 0.05) is 58.0 Å². The maximum absolute atomic E-state index is 12.7. The SMILES string of the molecule is CCn1ccnc1CN1C[C@H]2C[C@@H](C1)[C@H](CNC(C)=O)N1C(=O)CCC[C@@H]21. The lowest BCUT2D eigenvalue weighted by Gasteiger charge is -2.56. The molecule has 4 atom stereocenters. The number of carbonyl (C=O) groups is 2. The first-order valence-electron chi connectivity index (χ1n) is 10.3. The predicted molar refractivity (Wildman–Crippen MR) is 102 cm³/mol. The van der Waals surface area contributed by atoms with E-state index in [-0.39, 0.29) is 17.9 Å². The van der Waals surface area contributed by atoms with Crippen LogP contribution in [-0.2, 0) is 22.7 Å². The summed E-state index contributed by atoms with van der Waals surface area (Å²) in [6.45, 7) is 8.08. The molecule has 7 nitrogen and oxygen atoms in total. The quantitative estimate of drug-likeness (QED) is 0.843. The second kappa shape index (κ2) is 7.62. The van der Waals surface area contributed by atoms with E-state index in [0.29, 0.717) is 30.8 Å². The summed E-state index contributed by atoms with van der Waals surface area (Å²) in [5, 5.41) is 2.98. The number of nitrogens with zero attached hydrogens (tertiary/aromatic N) is 4. The van der Waals surface area contributed by atoms with Gasteiger partial charge >= 0.3 is 0 Å². The number of piperidine rings is 3. The smallest absolute Gasteiger partial charge is 0.223 e. The minimum Gasteiger partial charge on any atom is -0.354 e.